The van der Waals surface area contributed by atoms with Crippen LogP contribution in [0.25, 0.3) is 0 Å². The highest BCUT2D eigenvalue weighted by Crippen LogP contribution is 2.13. The summed E-state index contributed by atoms with van der Waals surface area (Å²) < 4.78 is 38.9. The lowest BCUT2D eigenvalue weighted by Gasteiger charge is -2.04. The molecule has 0 saturated carbocycles. The van der Waals surface area contributed by atoms with E-state index in [1.165, 1.54) is 12.1 Å². The first-order valence-corrected chi connectivity index (χ1v) is 6.47. The minimum absolute atomic E-state index is 0.116. The number of benzene rings is 1. The molecule has 1 aromatic carbocycles. The van der Waals surface area contributed by atoms with Crippen molar-refractivity contribution >= 4 is 10.0 Å². The normalized spacial score (nSPS) is 10.8. The van der Waals surface area contributed by atoms with E-state index >= 15 is 0 Å². The van der Waals surface area contributed by atoms with E-state index in [-0.39, 0.29) is 23.5 Å². The highest BCUT2D eigenvalue weighted by Gasteiger charge is 2.14. The Morgan fingerprint density at radius 2 is 2.18 bits per heavy atom. The van der Waals surface area contributed by atoms with Gasteiger partial charge in [0.2, 0.25) is 10.0 Å². The fourth-order valence-electron chi connectivity index (χ4n) is 1.18. The topological polar surface area (TPSA) is 72.2 Å². The molecule has 0 aromatic heterocycles. The quantitative estimate of drug-likeness (QED) is 0.771. The molecule has 0 heterocycles. The Hall–Kier alpha value is -1.42. The Kier molecular flexibility index (Phi) is 4.63. The summed E-state index contributed by atoms with van der Waals surface area (Å²) in [4.78, 5) is -0.116. The van der Waals surface area contributed by atoms with Gasteiger partial charge in [-0.3, -0.25) is 0 Å². The Bertz CT molecular complexity index is 559. The van der Waals surface area contributed by atoms with Crippen LogP contribution in [0.5, 0.6) is 0 Å². The highest BCUT2D eigenvalue weighted by molar-refractivity contribution is 7.89. The summed E-state index contributed by atoms with van der Waals surface area (Å²) in [5.74, 6) is 4.34. The molecule has 6 heteroatoms. The van der Waals surface area contributed by atoms with Gasteiger partial charge in [0.25, 0.3) is 0 Å². The molecule has 4 nitrogen and oxygen atoms in total. The summed E-state index contributed by atoms with van der Waals surface area (Å²) in [7, 11) is -3.63. The van der Waals surface area contributed by atoms with Crippen LogP contribution < -0.4 is 10.5 Å². The van der Waals surface area contributed by atoms with Crippen LogP contribution in [-0.2, 0) is 10.0 Å². The van der Waals surface area contributed by atoms with E-state index in [1.807, 2.05) is 0 Å². The maximum absolute atomic E-state index is 13.5. The Morgan fingerprint density at radius 1 is 1.47 bits per heavy atom. The van der Waals surface area contributed by atoms with Crippen molar-refractivity contribution in [3.05, 3.63) is 29.6 Å². The molecule has 0 bridgehead atoms. The standard InChI is InChI=1S/C11H13FN2O2S/c1-2-14-17(15,16)10-6-5-9(4-3-7-13)11(12)8-10/h5-6,8,14H,2,7,13H2,1H3. The molecule has 0 atom stereocenters. The van der Waals surface area contributed by atoms with E-state index in [9.17, 15) is 12.8 Å². The third-order valence-corrected chi connectivity index (χ3v) is 3.45. The number of sulfonamides is 1. The summed E-state index contributed by atoms with van der Waals surface area (Å²) >= 11 is 0. The van der Waals surface area contributed by atoms with E-state index in [0.717, 1.165) is 6.07 Å². The van der Waals surface area contributed by atoms with Crippen LogP contribution >= 0.6 is 0 Å². The Balaban J connectivity index is 3.13. The van der Waals surface area contributed by atoms with Gasteiger partial charge in [0.15, 0.2) is 0 Å². The van der Waals surface area contributed by atoms with Crippen molar-refractivity contribution in [2.45, 2.75) is 11.8 Å². The summed E-state index contributed by atoms with van der Waals surface area (Å²) in [5, 5.41) is 0. The summed E-state index contributed by atoms with van der Waals surface area (Å²) in [6.07, 6.45) is 0. The predicted molar refractivity (Wildman–Crippen MR) is 63.2 cm³/mol. The minimum atomic E-state index is -3.63. The van der Waals surface area contributed by atoms with Crippen LogP contribution in [0.2, 0.25) is 0 Å². The number of halogens is 1. The Morgan fingerprint density at radius 3 is 2.71 bits per heavy atom. The van der Waals surface area contributed by atoms with E-state index in [1.54, 1.807) is 6.92 Å². The SMILES string of the molecule is CCNS(=O)(=O)c1ccc(C#CCN)c(F)c1. The average Bonchev–Trinajstić information content (AvgIpc) is 2.27. The van der Waals surface area contributed by atoms with Gasteiger partial charge in [0, 0.05) is 6.54 Å². The molecule has 1 rings (SSSR count). The summed E-state index contributed by atoms with van der Waals surface area (Å²) in [6.45, 7) is 2.02. The molecular formula is C11H13FN2O2S. The van der Waals surface area contributed by atoms with E-state index in [2.05, 4.69) is 16.6 Å². The van der Waals surface area contributed by atoms with Crippen LogP contribution in [0.15, 0.2) is 23.1 Å². The minimum Gasteiger partial charge on any atom is -0.320 e. The number of nitrogens with two attached hydrogens (primary N) is 1. The highest BCUT2D eigenvalue weighted by atomic mass is 32.2. The van der Waals surface area contributed by atoms with Gasteiger partial charge in [-0.15, -0.1) is 0 Å². The first-order valence-electron chi connectivity index (χ1n) is 4.99. The van der Waals surface area contributed by atoms with Crippen LogP contribution in [0, 0.1) is 17.7 Å². The molecule has 0 radical (unpaired) electrons. The van der Waals surface area contributed by atoms with E-state index in [0.29, 0.717) is 0 Å². The Labute approximate surface area is 100 Å². The van der Waals surface area contributed by atoms with Crippen molar-refractivity contribution in [3.63, 3.8) is 0 Å². The van der Waals surface area contributed by atoms with Gasteiger partial charge in [-0.05, 0) is 18.2 Å². The van der Waals surface area contributed by atoms with Gasteiger partial charge >= 0.3 is 0 Å². The zero-order valence-corrected chi connectivity index (χ0v) is 10.1. The lowest BCUT2D eigenvalue weighted by Crippen LogP contribution is -2.23. The van der Waals surface area contributed by atoms with Crippen molar-refractivity contribution in [2.75, 3.05) is 13.1 Å². The molecule has 0 amide bonds. The monoisotopic (exact) mass is 256 g/mol. The van der Waals surface area contributed by atoms with Crippen LogP contribution in [0.3, 0.4) is 0 Å². The lowest BCUT2D eigenvalue weighted by molar-refractivity contribution is 0.579. The predicted octanol–water partition coefficient (Wildman–Crippen LogP) is 0.434. The zero-order chi connectivity index (χ0) is 12.9. The third kappa shape index (κ3) is 3.53. The smallest absolute Gasteiger partial charge is 0.240 e. The molecular weight excluding hydrogens is 243 g/mol. The van der Waals surface area contributed by atoms with Gasteiger partial charge in [-0.25, -0.2) is 17.5 Å². The van der Waals surface area contributed by atoms with Gasteiger partial charge in [-0.2, -0.15) is 0 Å². The van der Waals surface area contributed by atoms with Gasteiger partial charge in [0.1, 0.15) is 5.82 Å². The molecule has 0 unspecified atom stereocenters. The number of hydrogen-bond donors (Lipinski definition) is 2. The third-order valence-electron chi connectivity index (χ3n) is 1.91. The summed E-state index contributed by atoms with van der Waals surface area (Å²) in [5.41, 5.74) is 5.29. The number of nitrogens with one attached hydrogen (secondary N) is 1. The summed E-state index contributed by atoms with van der Waals surface area (Å²) in [6, 6.07) is 3.57. The lowest BCUT2D eigenvalue weighted by atomic mass is 10.2. The molecule has 0 spiro atoms. The van der Waals surface area contributed by atoms with Gasteiger partial charge < -0.3 is 5.73 Å². The molecule has 0 fully saturated rings. The number of hydrogen-bond acceptors (Lipinski definition) is 3. The molecule has 92 valence electrons. The number of rotatable bonds is 3. The molecule has 3 N–H and O–H groups in total. The largest absolute Gasteiger partial charge is 0.320 e. The first kappa shape index (κ1) is 13.6. The van der Waals surface area contributed by atoms with Crippen LogP contribution in [-0.4, -0.2) is 21.5 Å². The second kappa shape index (κ2) is 5.77. The molecule has 1 aromatic rings. The molecule has 0 saturated heterocycles. The van der Waals surface area contributed by atoms with Gasteiger partial charge in [0.05, 0.1) is 17.0 Å². The maximum atomic E-state index is 13.5. The first-order chi connectivity index (χ1) is 8.01. The molecule has 0 aliphatic heterocycles. The van der Waals surface area contributed by atoms with Crippen LogP contribution in [0.1, 0.15) is 12.5 Å². The van der Waals surface area contributed by atoms with Crippen molar-refractivity contribution in [3.8, 4) is 11.8 Å². The van der Waals surface area contributed by atoms with Crippen molar-refractivity contribution in [1.82, 2.24) is 4.72 Å². The fourth-order valence-corrected chi connectivity index (χ4v) is 2.24. The molecule has 0 aliphatic carbocycles. The van der Waals surface area contributed by atoms with Gasteiger partial charge in [-0.1, -0.05) is 18.8 Å². The van der Waals surface area contributed by atoms with Crippen molar-refractivity contribution in [2.24, 2.45) is 5.73 Å². The second-order valence-corrected chi connectivity index (χ2v) is 4.92. The second-order valence-electron chi connectivity index (χ2n) is 3.15. The fraction of sp³-hybridized carbons (Fsp3) is 0.273. The van der Waals surface area contributed by atoms with Crippen molar-refractivity contribution in [1.29, 1.82) is 0 Å². The maximum Gasteiger partial charge on any atom is 0.240 e. The average molecular weight is 256 g/mol. The molecule has 17 heavy (non-hydrogen) atoms. The van der Waals surface area contributed by atoms with E-state index in [4.69, 9.17) is 5.73 Å². The van der Waals surface area contributed by atoms with E-state index < -0.39 is 15.8 Å². The van der Waals surface area contributed by atoms with Crippen molar-refractivity contribution < 1.29 is 12.8 Å². The van der Waals surface area contributed by atoms with Crippen LogP contribution in [0.4, 0.5) is 4.39 Å². The zero-order valence-electron chi connectivity index (χ0n) is 9.33. The molecule has 0 aliphatic rings.